The molecule has 1 saturated heterocycles. The van der Waals surface area contributed by atoms with Gasteiger partial charge in [-0.3, -0.25) is 34.2 Å². The van der Waals surface area contributed by atoms with E-state index in [0.717, 1.165) is 12.5 Å². The molecule has 0 N–H and O–H groups in total. The Balaban J connectivity index is 1.15. The van der Waals surface area contributed by atoms with Crippen molar-refractivity contribution in [2.24, 2.45) is 35.5 Å². The van der Waals surface area contributed by atoms with Crippen LogP contribution in [-0.4, -0.2) is 46.5 Å². The zero-order valence-corrected chi connectivity index (χ0v) is 16.5. The van der Waals surface area contributed by atoms with Gasteiger partial charge in [-0.05, 0) is 30.1 Å². The fourth-order valence-corrected chi connectivity index (χ4v) is 5.54. The number of rotatable bonds is 7. The first kappa shape index (κ1) is 19.6. The van der Waals surface area contributed by atoms with Crippen molar-refractivity contribution in [3.8, 4) is 0 Å². The van der Waals surface area contributed by atoms with Crippen molar-refractivity contribution in [3.63, 3.8) is 0 Å². The van der Waals surface area contributed by atoms with E-state index in [1.54, 1.807) is 0 Å². The molecule has 1 heterocycles. The molecule has 9 heteroatoms. The van der Waals surface area contributed by atoms with Crippen molar-refractivity contribution in [1.82, 2.24) is 4.90 Å². The lowest BCUT2D eigenvalue weighted by molar-refractivity contribution is -0.384. The van der Waals surface area contributed by atoms with Crippen LogP contribution in [0.3, 0.4) is 0 Å². The van der Waals surface area contributed by atoms with Gasteiger partial charge in [0, 0.05) is 24.2 Å². The standard InChI is InChI=1S/C22H20N2O7/c25-17(11-2-1-3-12(8-11)24(29)30)10-31-18(26)6-7-23-21(27)19-13-4-5-14(16-9-15(13)16)20(19)22(23)28/h1-5,8,13-16,19-20H,6-7,9-10H2. The van der Waals surface area contributed by atoms with Crippen molar-refractivity contribution in [3.05, 3.63) is 52.1 Å². The number of carbonyl (C=O) groups excluding carboxylic acids is 4. The van der Waals surface area contributed by atoms with Crippen molar-refractivity contribution in [2.75, 3.05) is 13.2 Å². The van der Waals surface area contributed by atoms with Crippen molar-refractivity contribution < 1.29 is 28.8 Å². The highest BCUT2D eigenvalue weighted by Gasteiger charge is 2.66. The third-order valence-electron chi connectivity index (χ3n) is 7.04. The van der Waals surface area contributed by atoms with E-state index in [9.17, 15) is 29.3 Å². The van der Waals surface area contributed by atoms with E-state index < -0.39 is 23.3 Å². The van der Waals surface area contributed by atoms with Crippen LogP contribution in [0.2, 0.25) is 0 Å². The monoisotopic (exact) mass is 424 g/mol. The fourth-order valence-electron chi connectivity index (χ4n) is 5.54. The summed E-state index contributed by atoms with van der Waals surface area (Å²) in [6.07, 6.45) is 5.06. The lowest BCUT2D eigenvalue weighted by Gasteiger charge is -2.37. The van der Waals surface area contributed by atoms with E-state index in [0.29, 0.717) is 11.8 Å². The summed E-state index contributed by atoms with van der Waals surface area (Å²) in [5.74, 6) is -1.04. The summed E-state index contributed by atoms with van der Waals surface area (Å²) in [5.41, 5.74) is -0.164. The van der Waals surface area contributed by atoms with Gasteiger partial charge in [0.05, 0.1) is 23.2 Å². The largest absolute Gasteiger partial charge is 0.457 e. The Morgan fingerprint density at radius 3 is 2.35 bits per heavy atom. The van der Waals surface area contributed by atoms with Gasteiger partial charge in [-0.25, -0.2) is 0 Å². The molecule has 0 aromatic heterocycles. The van der Waals surface area contributed by atoms with Crippen molar-refractivity contribution in [2.45, 2.75) is 12.8 Å². The molecule has 1 aromatic carbocycles. The van der Waals surface area contributed by atoms with Gasteiger partial charge in [0.2, 0.25) is 17.6 Å². The second-order valence-corrected chi connectivity index (χ2v) is 8.62. The Morgan fingerprint density at radius 2 is 1.74 bits per heavy atom. The van der Waals surface area contributed by atoms with Crippen LogP contribution in [0.5, 0.6) is 0 Å². The third kappa shape index (κ3) is 3.15. The van der Waals surface area contributed by atoms with Gasteiger partial charge >= 0.3 is 5.97 Å². The Hall–Kier alpha value is -3.36. The molecule has 0 spiro atoms. The van der Waals surface area contributed by atoms with E-state index in [1.807, 2.05) is 0 Å². The number of amides is 2. The first-order chi connectivity index (χ1) is 14.9. The van der Waals surface area contributed by atoms with E-state index >= 15 is 0 Å². The molecule has 2 amide bonds. The summed E-state index contributed by atoms with van der Waals surface area (Å²) in [4.78, 5) is 61.3. The summed E-state index contributed by atoms with van der Waals surface area (Å²) >= 11 is 0. The average molecular weight is 424 g/mol. The number of ketones is 1. The SMILES string of the molecule is O=C(CCN1C(=O)C2C3C=CC(C4CC34)C2C1=O)OCC(=O)c1cccc([N+](=O)[O-])c1. The van der Waals surface area contributed by atoms with Crippen LogP contribution >= 0.6 is 0 Å². The van der Waals surface area contributed by atoms with E-state index in [1.165, 1.54) is 23.1 Å². The number of hydrogen-bond donors (Lipinski definition) is 0. The number of nitro benzene ring substituents is 1. The Morgan fingerprint density at radius 1 is 1.10 bits per heavy atom. The van der Waals surface area contributed by atoms with Gasteiger partial charge in [-0.2, -0.15) is 0 Å². The van der Waals surface area contributed by atoms with Crippen LogP contribution in [0.25, 0.3) is 0 Å². The number of ether oxygens (including phenoxy) is 1. The summed E-state index contributed by atoms with van der Waals surface area (Å²) in [5, 5.41) is 10.8. The molecule has 160 valence electrons. The summed E-state index contributed by atoms with van der Waals surface area (Å²) in [7, 11) is 0. The van der Waals surface area contributed by atoms with E-state index in [-0.39, 0.29) is 59.7 Å². The molecule has 5 aliphatic rings. The molecule has 2 bridgehead atoms. The Labute approximate surface area is 177 Å². The molecule has 2 saturated carbocycles. The van der Waals surface area contributed by atoms with Gasteiger partial charge in [0.25, 0.3) is 5.69 Å². The molecule has 6 atom stereocenters. The molecule has 1 aliphatic heterocycles. The number of imide groups is 1. The molecule has 3 fully saturated rings. The maximum Gasteiger partial charge on any atom is 0.308 e. The van der Waals surface area contributed by atoms with E-state index in [2.05, 4.69) is 12.2 Å². The number of non-ortho nitro benzene ring substituents is 1. The lowest BCUT2D eigenvalue weighted by atomic mass is 9.63. The normalized spacial score (nSPS) is 31.9. The Bertz CT molecular complexity index is 1010. The molecule has 1 aromatic rings. The average Bonchev–Trinajstić information content (AvgIpc) is 3.55. The highest BCUT2D eigenvalue weighted by atomic mass is 16.6. The van der Waals surface area contributed by atoms with Crippen LogP contribution in [0, 0.1) is 45.6 Å². The van der Waals surface area contributed by atoms with Crippen LogP contribution < -0.4 is 0 Å². The molecule has 31 heavy (non-hydrogen) atoms. The highest BCUT2D eigenvalue weighted by molar-refractivity contribution is 6.06. The van der Waals surface area contributed by atoms with Gasteiger partial charge in [0.15, 0.2) is 6.61 Å². The smallest absolute Gasteiger partial charge is 0.308 e. The van der Waals surface area contributed by atoms with Crippen LogP contribution in [0.1, 0.15) is 23.2 Å². The molecular weight excluding hydrogens is 404 g/mol. The number of hydrogen-bond acceptors (Lipinski definition) is 7. The minimum atomic E-state index is -0.710. The summed E-state index contributed by atoms with van der Waals surface area (Å²) in [6, 6.07) is 5.16. The number of nitrogens with zero attached hydrogens (tertiary/aromatic N) is 2. The third-order valence-corrected chi connectivity index (χ3v) is 7.04. The molecule has 9 nitrogen and oxygen atoms in total. The number of allylic oxidation sites excluding steroid dienone is 2. The molecule has 6 unspecified atom stereocenters. The van der Waals surface area contributed by atoms with E-state index in [4.69, 9.17) is 4.74 Å². The lowest BCUT2D eigenvalue weighted by Crippen LogP contribution is -2.40. The van der Waals surface area contributed by atoms with Gasteiger partial charge in [0.1, 0.15) is 0 Å². The zero-order valence-electron chi connectivity index (χ0n) is 16.5. The number of Topliss-reactive ketones (excluding diaryl/α,β-unsaturated/α-hetero) is 1. The fraction of sp³-hybridized carbons (Fsp3) is 0.455. The molecule has 6 rings (SSSR count). The zero-order chi connectivity index (χ0) is 21.9. The minimum absolute atomic E-state index is 0.0662. The number of benzene rings is 1. The molecular formula is C22H20N2O7. The predicted molar refractivity (Wildman–Crippen MR) is 104 cm³/mol. The van der Waals surface area contributed by atoms with Crippen LogP contribution in [0.15, 0.2) is 36.4 Å². The minimum Gasteiger partial charge on any atom is -0.457 e. The van der Waals surface area contributed by atoms with Crippen molar-refractivity contribution >= 4 is 29.3 Å². The topological polar surface area (TPSA) is 124 Å². The maximum atomic E-state index is 12.9. The number of carbonyl (C=O) groups is 4. The van der Waals surface area contributed by atoms with Gasteiger partial charge in [-0.15, -0.1) is 0 Å². The Kier molecular flexibility index (Phi) is 4.49. The number of likely N-dealkylation sites (tertiary alicyclic amines) is 1. The molecule has 0 radical (unpaired) electrons. The predicted octanol–water partition coefficient (Wildman–Crippen LogP) is 1.76. The molecule has 4 aliphatic carbocycles. The number of esters is 1. The quantitative estimate of drug-likeness (QED) is 0.163. The maximum absolute atomic E-state index is 12.9. The first-order valence-electron chi connectivity index (χ1n) is 10.3. The van der Waals surface area contributed by atoms with Crippen molar-refractivity contribution in [1.29, 1.82) is 0 Å². The van der Waals surface area contributed by atoms with Gasteiger partial charge in [-0.1, -0.05) is 24.3 Å². The summed E-state index contributed by atoms with van der Waals surface area (Å²) in [6.45, 7) is -0.631. The van der Waals surface area contributed by atoms with Crippen LogP contribution in [0.4, 0.5) is 5.69 Å². The first-order valence-corrected chi connectivity index (χ1v) is 10.3. The van der Waals surface area contributed by atoms with Crippen LogP contribution in [-0.2, 0) is 19.1 Å². The second kappa shape index (κ2) is 7.11. The van der Waals surface area contributed by atoms with Gasteiger partial charge < -0.3 is 4.74 Å². The number of nitro groups is 1. The summed E-state index contributed by atoms with van der Waals surface area (Å²) < 4.78 is 4.97. The second-order valence-electron chi connectivity index (χ2n) is 8.62. The highest BCUT2D eigenvalue weighted by Crippen LogP contribution is 2.65.